The molecule has 2 atom stereocenters. The number of hydrogen-bond donors (Lipinski definition) is 4. The first-order valence-electron chi connectivity index (χ1n) is 6.21. The van der Waals surface area contributed by atoms with Crippen molar-refractivity contribution in [2.75, 3.05) is 11.5 Å². The highest BCUT2D eigenvalue weighted by atomic mass is 32.1. The Morgan fingerprint density at radius 2 is 1.29 bits per heavy atom. The molecule has 0 rings (SSSR count). The Morgan fingerprint density at radius 1 is 0.905 bits per heavy atom. The maximum Gasteiger partial charge on any atom is 0.217 e. The maximum atomic E-state index is 10.6. The molecule has 0 aromatic rings. The van der Waals surface area contributed by atoms with Crippen LogP contribution in [-0.4, -0.2) is 46.8 Å². The first-order chi connectivity index (χ1) is 9.49. The van der Waals surface area contributed by atoms with Gasteiger partial charge in [0, 0.05) is 18.4 Å². The van der Waals surface area contributed by atoms with Crippen molar-refractivity contribution in [3.63, 3.8) is 0 Å². The number of carbonyl (C=O) groups is 4. The van der Waals surface area contributed by atoms with Crippen molar-refractivity contribution in [3.05, 3.63) is 0 Å². The van der Waals surface area contributed by atoms with Gasteiger partial charge in [-0.05, 0) is 27.7 Å². The second kappa shape index (κ2) is 15.5. The lowest BCUT2D eigenvalue weighted by Gasteiger charge is -2.10. The van der Waals surface area contributed by atoms with Crippen LogP contribution >= 0.6 is 25.3 Å². The predicted molar refractivity (Wildman–Crippen MR) is 91.0 cm³/mol. The van der Waals surface area contributed by atoms with Crippen molar-refractivity contribution in [2.45, 2.75) is 46.7 Å². The molecular formula is C13H26N2O4S2. The van der Waals surface area contributed by atoms with Gasteiger partial charge in [0.2, 0.25) is 5.91 Å². The van der Waals surface area contributed by atoms with Gasteiger partial charge in [0.05, 0.1) is 12.1 Å². The Hall–Kier alpha value is -0.860. The summed E-state index contributed by atoms with van der Waals surface area (Å²) >= 11 is 7.70. The zero-order valence-corrected chi connectivity index (χ0v) is 15.0. The molecule has 21 heavy (non-hydrogen) atoms. The van der Waals surface area contributed by atoms with Gasteiger partial charge >= 0.3 is 0 Å². The molecule has 1 amide bonds. The summed E-state index contributed by atoms with van der Waals surface area (Å²) in [5, 5.41) is 2.46. The summed E-state index contributed by atoms with van der Waals surface area (Å²) in [6.45, 7) is 7.32. The van der Waals surface area contributed by atoms with Gasteiger partial charge < -0.3 is 15.8 Å². The number of thiol groups is 2. The zero-order chi connectivity index (χ0) is 17.6. The van der Waals surface area contributed by atoms with Crippen LogP contribution in [0.2, 0.25) is 0 Å². The number of amides is 1. The number of Topliss-reactive ketones (excluding diaryl/α,β-unsaturated/α-hetero) is 3. The van der Waals surface area contributed by atoms with Crippen molar-refractivity contribution in [1.82, 2.24) is 5.32 Å². The number of hydrogen-bond acceptors (Lipinski definition) is 7. The van der Waals surface area contributed by atoms with Crippen LogP contribution in [-0.2, 0) is 19.2 Å². The van der Waals surface area contributed by atoms with E-state index in [0.717, 1.165) is 0 Å². The van der Waals surface area contributed by atoms with Gasteiger partial charge in [-0.25, -0.2) is 0 Å². The van der Waals surface area contributed by atoms with Gasteiger partial charge in [0.25, 0.3) is 0 Å². The first kappa shape index (κ1) is 25.1. The van der Waals surface area contributed by atoms with E-state index in [1.807, 2.05) is 0 Å². The van der Waals surface area contributed by atoms with Gasteiger partial charge in [-0.3, -0.25) is 14.4 Å². The third-order valence-electron chi connectivity index (χ3n) is 1.77. The summed E-state index contributed by atoms with van der Waals surface area (Å²) < 4.78 is 0. The van der Waals surface area contributed by atoms with E-state index < -0.39 is 6.04 Å². The molecule has 2 unspecified atom stereocenters. The molecule has 0 aromatic carbocycles. The van der Waals surface area contributed by atoms with Crippen LogP contribution in [0.1, 0.15) is 34.6 Å². The number of nitrogens with two attached hydrogens (primary N) is 1. The Morgan fingerprint density at radius 3 is 1.33 bits per heavy atom. The Labute approximate surface area is 137 Å². The molecule has 0 fully saturated rings. The second-order valence-corrected chi connectivity index (χ2v) is 5.08. The summed E-state index contributed by atoms with van der Waals surface area (Å²) in [7, 11) is 0. The van der Waals surface area contributed by atoms with Gasteiger partial charge in [-0.2, -0.15) is 25.3 Å². The minimum Gasteiger partial charge on any atom is -0.346 e. The summed E-state index contributed by atoms with van der Waals surface area (Å²) in [6, 6.07) is -0.802. The molecule has 3 N–H and O–H groups in total. The van der Waals surface area contributed by atoms with Crippen LogP contribution in [0.15, 0.2) is 0 Å². The maximum absolute atomic E-state index is 10.6. The Kier molecular flexibility index (Phi) is 18.6. The summed E-state index contributed by atoms with van der Waals surface area (Å²) in [5.41, 5.74) is 5.19. The van der Waals surface area contributed by atoms with Crippen molar-refractivity contribution >= 4 is 48.5 Å². The molecule has 0 aliphatic rings. The van der Waals surface area contributed by atoms with Gasteiger partial charge in [0.15, 0.2) is 5.78 Å². The van der Waals surface area contributed by atoms with Gasteiger partial charge in [0.1, 0.15) is 11.6 Å². The molecular weight excluding hydrogens is 312 g/mol. The Balaban J connectivity index is -0.000000256. The average Bonchev–Trinajstić information content (AvgIpc) is 2.34. The van der Waals surface area contributed by atoms with Crippen molar-refractivity contribution in [3.8, 4) is 0 Å². The van der Waals surface area contributed by atoms with Crippen LogP contribution in [0.4, 0.5) is 0 Å². The largest absolute Gasteiger partial charge is 0.346 e. The van der Waals surface area contributed by atoms with E-state index in [9.17, 15) is 19.2 Å². The molecule has 0 aliphatic carbocycles. The van der Waals surface area contributed by atoms with Crippen molar-refractivity contribution in [1.29, 1.82) is 0 Å². The third-order valence-corrected chi connectivity index (χ3v) is 2.53. The highest BCUT2D eigenvalue weighted by molar-refractivity contribution is 7.80. The molecule has 124 valence electrons. The molecule has 8 heteroatoms. The smallest absolute Gasteiger partial charge is 0.217 e. The quantitative estimate of drug-likeness (QED) is 0.544. The molecule has 0 radical (unpaired) electrons. The minimum absolute atomic E-state index is 0.00463. The van der Waals surface area contributed by atoms with E-state index in [2.05, 4.69) is 30.6 Å². The normalized spacial score (nSPS) is 11.6. The van der Waals surface area contributed by atoms with Crippen LogP contribution < -0.4 is 11.1 Å². The van der Waals surface area contributed by atoms with E-state index in [0.29, 0.717) is 11.5 Å². The fraction of sp³-hybridized carbons (Fsp3) is 0.692. The number of nitrogens with one attached hydrogen (secondary N) is 1. The van der Waals surface area contributed by atoms with Crippen LogP contribution in [0, 0.1) is 0 Å². The lowest BCUT2D eigenvalue weighted by atomic mass is 10.2. The SMILES string of the molecule is CC(=O)C(N)CS.CC(=O)NC(CS)C(C)=O.CC(C)=O. The van der Waals surface area contributed by atoms with Gasteiger partial charge in [-0.1, -0.05) is 0 Å². The van der Waals surface area contributed by atoms with Crippen LogP contribution in [0.25, 0.3) is 0 Å². The third kappa shape index (κ3) is 24.5. The first-order valence-corrected chi connectivity index (χ1v) is 7.48. The van der Waals surface area contributed by atoms with Crippen molar-refractivity contribution in [2.24, 2.45) is 5.73 Å². The van der Waals surface area contributed by atoms with E-state index in [1.165, 1.54) is 34.6 Å². The fourth-order valence-corrected chi connectivity index (χ4v) is 1.26. The topological polar surface area (TPSA) is 106 Å². The Bertz CT molecular complexity index is 345. The summed E-state index contributed by atoms with van der Waals surface area (Å²) in [4.78, 5) is 40.7. The highest BCUT2D eigenvalue weighted by Gasteiger charge is 2.11. The lowest BCUT2D eigenvalue weighted by Crippen LogP contribution is -2.39. The minimum atomic E-state index is -0.430. The fourth-order valence-electron chi connectivity index (χ4n) is 0.650. The molecule has 0 saturated carbocycles. The van der Waals surface area contributed by atoms with Crippen molar-refractivity contribution < 1.29 is 19.2 Å². The highest BCUT2D eigenvalue weighted by Crippen LogP contribution is 1.88. The summed E-state index contributed by atoms with van der Waals surface area (Å²) in [6.07, 6.45) is 0. The standard InChI is InChI=1S/C6H11NO2S.C4H9NOS.C3H6O/c1-4(8)6(3-10)7-5(2)9;1-3(6)4(5)2-7;1-3(2)4/h6,10H,3H2,1-2H3,(H,7,9);4,7H,2,5H2,1H3;1-2H3. The molecule has 0 spiro atoms. The predicted octanol–water partition coefficient (Wildman–Crippen LogP) is 0.438. The van der Waals surface area contributed by atoms with Crippen LogP contribution in [0.3, 0.4) is 0 Å². The monoisotopic (exact) mass is 338 g/mol. The van der Waals surface area contributed by atoms with E-state index in [1.54, 1.807) is 0 Å². The second-order valence-electron chi connectivity index (χ2n) is 4.35. The molecule has 0 heterocycles. The molecule has 0 saturated heterocycles. The molecule has 6 nitrogen and oxygen atoms in total. The van der Waals surface area contributed by atoms with Crippen LogP contribution in [0.5, 0.6) is 0 Å². The van der Waals surface area contributed by atoms with E-state index >= 15 is 0 Å². The molecule has 0 aromatic heterocycles. The molecule has 0 bridgehead atoms. The number of ketones is 3. The van der Waals surface area contributed by atoms with E-state index in [4.69, 9.17) is 5.73 Å². The zero-order valence-electron chi connectivity index (χ0n) is 13.2. The average molecular weight is 338 g/mol. The lowest BCUT2D eigenvalue weighted by molar-refractivity contribution is -0.125. The number of rotatable bonds is 5. The summed E-state index contributed by atoms with van der Waals surface area (Å²) in [5.74, 6) is 0.694. The number of carbonyl (C=O) groups excluding carboxylic acids is 4. The van der Waals surface area contributed by atoms with Gasteiger partial charge in [-0.15, -0.1) is 0 Å². The van der Waals surface area contributed by atoms with E-state index in [-0.39, 0.29) is 29.3 Å². The molecule has 0 aliphatic heterocycles.